The van der Waals surface area contributed by atoms with Crippen molar-refractivity contribution < 1.29 is 5.11 Å². The highest BCUT2D eigenvalue weighted by Gasteiger charge is 2.14. The van der Waals surface area contributed by atoms with Crippen molar-refractivity contribution >= 4 is 0 Å². The van der Waals surface area contributed by atoms with Crippen LogP contribution in [0.4, 0.5) is 0 Å². The third kappa shape index (κ3) is 12.4. The molecule has 0 aromatic rings. The topological polar surface area (TPSA) is 20.2 Å². The molecule has 0 aromatic heterocycles. The maximum atomic E-state index is 9.16. The van der Waals surface area contributed by atoms with Crippen LogP contribution in [0.3, 0.4) is 0 Å². The maximum absolute atomic E-state index is 9.16. The van der Waals surface area contributed by atoms with E-state index in [9.17, 15) is 0 Å². The van der Waals surface area contributed by atoms with Gasteiger partial charge < -0.3 is 5.11 Å². The van der Waals surface area contributed by atoms with Gasteiger partial charge in [0.15, 0.2) is 0 Å². The molecule has 0 radical (unpaired) electrons. The van der Waals surface area contributed by atoms with E-state index in [1.165, 1.54) is 77.0 Å². The Kier molecular flexibility index (Phi) is 12.0. The van der Waals surface area contributed by atoms with E-state index in [-0.39, 0.29) is 5.41 Å². The Bertz CT molecular complexity index is 163. The van der Waals surface area contributed by atoms with E-state index in [0.29, 0.717) is 6.61 Å². The van der Waals surface area contributed by atoms with Crippen LogP contribution >= 0.6 is 0 Å². The Balaban J connectivity index is 3.08. The molecule has 0 unspecified atom stereocenters. The second-order valence-electron chi connectivity index (χ2n) is 6.61. The van der Waals surface area contributed by atoms with Crippen molar-refractivity contribution in [1.29, 1.82) is 0 Å². The molecule has 0 atom stereocenters. The summed E-state index contributed by atoms with van der Waals surface area (Å²) in [5.74, 6) is 0. The molecule has 0 aliphatic rings. The van der Waals surface area contributed by atoms with Gasteiger partial charge in [-0.1, -0.05) is 91.4 Å². The number of rotatable bonds is 13. The first kappa shape index (κ1) is 18.0. The number of aliphatic hydroxyl groups is 1. The van der Waals surface area contributed by atoms with E-state index in [2.05, 4.69) is 20.8 Å². The predicted octanol–water partition coefficient (Wildman–Crippen LogP) is 5.71. The van der Waals surface area contributed by atoms with E-state index in [4.69, 9.17) is 5.11 Å². The van der Waals surface area contributed by atoms with Crippen LogP contribution in [-0.4, -0.2) is 11.7 Å². The Morgan fingerprint density at radius 3 is 1.44 bits per heavy atom. The van der Waals surface area contributed by atoms with E-state index >= 15 is 0 Å². The number of hydrogen-bond acceptors (Lipinski definition) is 1. The Hall–Kier alpha value is -0.0400. The van der Waals surface area contributed by atoms with Crippen molar-refractivity contribution in [2.75, 3.05) is 6.61 Å². The van der Waals surface area contributed by atoms with Gasteiger partial charge in [0.25, 0.3) is 0 Å². The fourth-order valence-corrected chi connectivity index (χ4v) is 2.35. The summed E-state index contributed by atoms with van der Waals surface area (Å²) in [7, 11) is 0. The molecule has 18 heavy (non-hydrogen) atoms. The maximum Gasteiger partial charge on any atom is 0.0482 e. The highest BCUT2D eigenvalue weighted by atomic mass is 16.3. The highest BCUT2D eigenvalue weighted by molar-refractivity contribution is 4.66. The van der Waals surface area contributed by atoms with E-state index in [1.807, 2.05) is 0 Å². The molecule has 110 valence electrons. The highest BCUT2D eigenvalue weighted by Crippen LogP contribution is 2.23. The lowest BCUT2D eigenvalue weighted by molar-refractivity contribution is 0.147. The first-order valence-corrected chi connectivity index (χ1v) is 8.23. The van der Waals surface area contributed by atoms with Gasteiger partial charge in [0, 0.05) is 6.61 Å². The number of hydrogen-bond donors (Lipinski definition) is 1. The Labute approximate surface area is 115 Å². The molecule has 0 bridgehead atoms. The molecule has 0 aliphatic heterocycles. The van der Waals surface area contributed by atoms with Crippen molar-refractivity contribution in [3.63, 3.8) is 0 Å². The standard InChI is InChI=1S/C17H36O/c1-4-5-6-7-8-9-10-11-12-13-14-15-17(2,3)16-18/h18H,4-16H2,1-3H3. The normalized spacial score (nSPS) is 12.0. The molecule has 0 spiro atoms. The third-order valence-electron chi connectivity index (χ3n) is 3.89. The molecular formula is C17H36O. The Morgan fingerprint density at radius 1 is 0.667 bits per heavy atom. The molecular weight excluding hydrogens is 220 g/mol. The van der Waals surface area contributed by atoms with Crippen molar-refractivity contribution in [2.24, 2.45) is 5.41 Å². The van der Waals surface area contributed by atoms with Gasteiger partial charge in [-0.3, -0.25) is 0 Å². The van der Waals surface area contributed by atoms with Gasteiger partial charge in [-0.05, 0) is 11.8 Å². The summed E-state index contributed by atoms with van der Waals surface area (Å²) in [6.07, 6.45) is 16.5. The van der Waals surface area contributed by atoms with Crippen LogP contribution in [0, 0.1) is 5.41 Å². The fraction of sp³-hybridized carbons (Fsp3) is 1.00. The van der Waals surface area contributed by atoms with Gasteiger partial charge in [-0.25, -0.2) is 0 Å². The molecule has 1 nitrogen and oxygen atoms in total. The summed E-state index contributed by atoms with van der Waals surface area (Å²) < 4.78 is 0. The van der Waals surface area contributed by atoms with Crippen molar-refractivity contribution in [3.05, 3.63) is 0 Å². The summed E-state index contributed by atoms with van der Waals surface area (Å²) >= 11 is 0. The monoisotopic (exact) mass is 256 g/mol. The average Bonchev–Trinajstić information content (AvgIpc) is 2.36. The fourth-order valence-electron chi connectivity index (χ4n) is 2.35. The molecule has 0 amide bonds. The molecule has 0 saturated heterocycles. The summed E-state index contributed by atoms with van der Waals surface area (Å²) in [6, 6.07) is 0. The summed E-state index contributed by atoms with van der Waals surface area (Å²) in [5.41, 5.74) is 0.138. The first-order valence-electron chi connectivity index (χ1n) is 8.23. The van der Waals surface area contributed by atoms with Crippen LogP contribution in [0.15, 0.2) is 0 Å². The largest absolute Gasteiger partial charge is 0.396 e. The Morgan fingerprint density at radius 2 is 1.06 bits per heavy atom. The zero-order valence-electron chi connectivity index (χ0n) is 13.1. The van der Waals surface area contributed by atoms with Crippen LogP contribution in [0.2, 0.25) is 0 Å². The summed E-state index contributed by atoms with van der Waals surface area (Å²) in [4.78, 5) is 0. The minimum absolute atomic E-state index is 0.138. The van der Waals surface area contributed by atoms with Gasteiger partial charge >= 0.3 is 0 Å². The third-order valence-corrected chi connectivity index (χ3v) is 3.89. The molecule has 1 N–H and O–H groups in total. The SMILES string of the molecule is CCCCCCCCCCCCCC(C)(C)CO. The number of unbranched alkanes of at least 4 members (excludes halogenated alkanes) is 10. The van der Waals surface area contributed by atoms with Crippen LogP contribution in [0.25, 0.3) is 0 Å². The molecule has 0 heterocycles. The second-order valence-corrected chi connectivity index (χ2v) is 6.61. The molecule has 0 aliphatic carbocycles. The molecule has 0 fully saturated rings. The van der Waals surface area contributed by atoms with Crippen LogP contribution in [0.1, 0.15) is 97.8 Å². The molecule has 0 saturated carbocycles. The van der Waals surface area contributed by atoms with E-state index in [1.54, 1.807) is 0 Å². The lowest BCUT2D eigenvalue weighted by Crippen LogP contribution is -2.16. The molecule has 1 heteroatoms. The van der Waals surface area contributed by atoms with E-state index < -0.39 is 0 Å². The zero-order chi connectivity index (χ0) is 13.7. The minimum atomic E-state index is 0.138. The quantitative estimate of drug-likeness (QED) is 0.419. The van der Waals surface area contributed by atoms with Crippen LogP contribution in [-0.2, 0) is 0 Å². The lowest BCUT2D eigenvalue weighted by atomic mass is 9.88. The molecule has 0 rings (SSSR count). The van der Waals surface area contributed by atoms with Gasteiger partial charge in [-0.15, -0.1) is 0 Å². The molecule has 0 aromatic carbocycles. The van der Waals surface area contributed by atoms with Crippen molar-refractivity contribution in [3.8, 4) is 0 Å². The summed E-state index contributed by atoms with van der Waals surface area (Å²) in [5, 5.41) is 9.16. The van der Waals surface area contributed by atoms with Gasteiger partial charge in [0.05, 0.1) is 0 Å². The van der Waals surface area contributed by atoms with Crippen LogP contribution < -0.4 is 0 Å². The average molecular weight is 256 g/mol. The smallest absolute Gasteiger partial charge is 0.0482 e. The summed E-state index contributed by atoms with van der Waals surface area (Å²) in [6.45, 7) is 6.91. The first-order chi connectivity index (χ1) is 8.62. The van der Waals surface area contributed by atoms with Gasteiger partial charge in [-0.2, -0.15) is 0 Å². The van der Waals surface area contributed by atoms with Crippen molar-refractivity contribution in [2.45, 2.75) is 97.8 Å². The predicted molar refractivity (Wildman–Crippen MR) is 81.9 cm³/mol. The lowest BCUT2D eigenvalue weighted by Gasteiger charge is -2.20. The second kappa shape index (κ2) is 12.0. The minimum Gasteiger partial charge on any atom is -0.396 e. The van der Waals surface area contributed by atoms with Gasteiger partial charge in [0.1, 0.15) is 0 Å². The van der Waals surface area contributed by atoms with Gasteiger partial charge in [0.2, 0.25) is 0 Å². The number of aliphatic hydroxyl groups excluding tert-OH is 1. The van der Waals surface area contributed by atoms with E-state index in [0.717, 1.165) is 0 Å². The van der Waals surface area contributed by atoms with Crippen molar-refractivity contribution in [1.82, 2.24) is 0 Å². The van der Waals surface area contributed by atoms with Crippen LogP contribution in [0.5, 0.6) is 0 Å². The zero-order valence-corrected chi connectivity index (χ0v) is 13.1.